The van der Waals surface area contributed by atoms with Crippen molar-refractivity contribution < 1.29 is 23.8 Å². The van der Waals surface area contributed by atoms with Crippen LogP contribution in [0.4, 0.5) is 5.69 Å². The third-order valence-corrected chi connectivity index (χ3v) is 4.03. The highest BCUT2D eigenvalue weighted by molar-refractivity contribution is 6.07. The normalized spacial score (nSPS) is 10.5. The molecule has 8 heteroatoms. The van der Waals surface area contributed by atoms with Gasteiger partial charge in [-0.05, 0) is 24.6 Å². The van der Waals surface area contributed by atoms with E-state index < -0.39 is 11.9 Å². The molecular weight excluding hydrogens is 350 g/mol. The molecule has 27 heavy (non-hydrogen) atoms. The van der Waals surface area contributed by atoms with Crippen LogP contribution in [-0.4, -0.2) is 42.6 Å². The van der Waals surface area contributed by atoms with Gasteiger partial charge in [-0.2, -0.15) is 0 Å². The SMILES string of the molecule is COC(=O)c1cc(OC)c(OC)cc1NC(=O)c1cn2ccc(C)cc2n1. The summed E-state index contributed by atoms with van der Waals surface area (Å²) in [5, 5.41) is 2.69. The first-order valence-corrected chi connectivity index (χ1v) is 8.08. The number of hydrogen-bond donors (Lipinski definition) is 1. The van der Waals surface area contributed by atoms with Gasteiger partial charge in [-0.1, -0.05) is 0 Å². The molecule has 0 aliphatic rings. The van der Waals surface area contributed by atoms with Gasteiger partial charge in [0.2, 0.25) is 0 Å². The fourth-order valence-electron chi connectivity index (χ4n) is 2.64. The Hall–Kier alpha value is -3.55. The summed E-state index contributed by atoms with van der Waals surface area (Å²) in [5.41, 5.74) is 2.28. The highest BCUT2D eigenvalue weighted by Gasteiger charge is 2.20. The number of hydrogen-bond acceptors (Lipinski definition) is 6. The Balaban J connectivity index is 1.99. The van der Waals surface area contributed by atoms with E-state index in [2.05, 4.69) is 10.3 Å². The number of imidazole rings is 1. The van der Waals surface area contributed by atoms with E-state index >= 15 is 0 Å². The monoisotopic (exact) mass is 369 g/mol. The average molecular weight is 369 g/mol. The number of rotatable bonds is 5. The van der Waals surface area contributed by atoms with Crippen LogP contribution in [0.25, 0.3) is 5.65 Å². The van der Waals surface area contributed by atoms with E-state index in [0.717, 1.165) is 5.56 Å². The van der Waals surface area contributed by atoms with Crippen LogP contribution < -0.4 is 14.8 Å². The number of benzene rings is 1. The lowest BCUT2D eigenvalue weighted by Gasteiger charge is -2.14. The van der Waals surface area contributed by atoms with Crippen LogP contribution in [0, 0.1) is 6.92 Å². The van der Waals surface area contributed by atoms with Crippen LogP contribution in [0.5, 0.6) is 11.5 Å². The highest BCUT2D eigenvalue weighted by Crippen LogP contribution is 2.34. The number of pyridine rings is 1. The number of ether oxygens (including phenoxy) is 3. The summed E-state index contributed by atoms with van der Waals surface area (Å²) >= 11 is 0. The molecule has 0 radical (unpaired) electrons. The summed E-state index contributed by atoms with van der Waals surface area (Å²) in [6, 6.07) is 6.74. The third-order valence-electron chi connectivity index (χ3n) is 4.03. The Bertz CT molecular complexity index is 1030. The van der Waals surface area contributed by atoms with Crippen LogP contribution in [0.3, 0.4) is 0 Å². The van der Waals surface area contributed by atoms with E-state index in [1.54, 1.807) is 10.6 Å². The zero-order valence-electron chi connectivity index (χ0n) is 15.4. The molecule has 3 rings (SSSR count). The molecule has 0 unspecified atom stereocenters. The van der Waals surface area contributed by atoms with Crippen LogP contribution in [0.15, 0.2) is 36.7 Å². The van der Waals surface area contributed by atoms with Crippen molar-refractivity contribution >= 4 is 23.2 Å². The number of anilines is 1. The Labute approximate surface area is 155 Å². The zero-order valence-corrected chi connectivity index (χ0v) is 15.4. The van der Waals surface area contributed by atoms with Crippen molar-refractivity contribution in [3.63, 3.8) is 0 Å². The van der Waals surface area contributed by atoms with Crippen molar-refractivity contribution in [1.29, 1.82) is 0 Å². The predicted octanol–water partition coefficient (Wildman–Crippen LogP) is 2.70. The molecule has 2 aromatic heterocycles. The quantitative estimate of drug-likeness (QED) is 0.696. The maximum Gasteiger partial charge on any atom is 0.340 e. The van der Waals surface area contributed by atoms with Gasteiger partial charge in [0, 0.05) is 24.5 Å². The van der Waals surface area contributed by atoms with E-state index in [9.17, 15) is 9.59 Å². The second-order valence-electron chi connectivity index (χ2n) is 5.79. The second-order valence-corrected chi connectivity index (χ2v) is 5.79. The molecule has 1 N–H and O–H groups in total. The van der Waals surface area contributed by atoms with Gasteiger partial charge in [0.15, 0.2) is 11.5 Å². The minimum Gasteiger partial charge on any atom is -0.493 e. The fraction of sp³-hybridized carbons (Fsp3) is 0.211. The summed E-state index contributed by atoms with van der Waals surface area (Å²) in [6.07, 6.45) is 3.44. The maximum atomic E-state index is 12.7. The van der Waals surface area contributed by atoms with Gasteiger partial charge in [-0.15, -0.1) is 0 Å². The van der Waals surface area contributed by atoms with Crippen molar-refractivity contribution in [2.45, 2.75) is 6.92 Å². The minimum absolute atomic E-state index is 0.142. The molecule has 1 aromatic carbocycles. The number of aryl methyl sites for hydroxylation is 1. The summed E-state index contributed by atoms with van der Waals surface area (Å²) in [4.78, 5) is 29.1. The lowest BCUT2D eigenvalue weighted by molar-refractivity contribution is 0.0601. The summed E-state index contributed by atoms with van der Waals surface area (Å²) in [5.74, 6) is -0.365. The van der Waals surface area contributed by atoms with E-state index in [4.69, 9.17) is 14.2 Å². The number of fused-ring (bicyclic) bond motifs is 1. The van der Waals surface area contributed by atoms with Crippen molar-refractivity contribution in [2.24, 2.45) is 0 Å². The van der Waals surface area contributed by atoms with Gasteiger partial charge < -0.3 is 23.9 Å². The molecule has 1 amide bonds. The van der Waals surface area contributed by atoms with Crippen LogP contribution >= 0.6 is 0 Å². The molecule has 140 valence electrons. The molecule has 2 heterocycles. The molecule has 3 aromatic rings. The topological polar surface area (TPSA) is 91.2 Å². The first-order chi connectivity index (χ1) is 13.0. The van der Waals surface area contributed by atoms with Crippen molar-refractivity contribution in [1.82, 2.24) is 9.38 Å². The van der Waals surface area contributed by atoms with Crippen molar-refractivity contribution in [2.75, 3.05) is 26.6 Å². The predicted molar refractivity (Wildman–Crippen MR) is 98.8 cm³/mol. The molecule has 0 aliphatic heterocycles. The number of carbonyl (C=O) groups excluding carboxylic acids is 2. The zero-order chi connectivity index (χ0) is 19.6. The smallest absolute Gasteiger partial charge is 0.340 e. The van der Waals surface area contributed by atoms with Gasteiger partial charge in [-0.3, -0.25) is 4.79 Å². The fourth-order valence-corrected chi connectivity index (χ4v) is 2.64. The highest BCUT2D eigenvalue weighted by atomic mass is 16.5. The number of carbonyl (C=O) groups is 2. The first-order valence-electron chi connectivity index (χ1n) is 8.08. The average Bonchev–Trinajstić information content (AvgIpc) is 3.10. The Kier molecular flexibility index (Phi) is 4.98. The summed E-state index contributed by atoms with van der Waals surface area (Å²) in [7, 11) is 4.18. The van der Waals surface area contributed by atoms with Gasteiger partial charge >= 0.3 is 5.97 Å². The molecule has 0 saturated heterocycles. The number of methoxy groups -OCH3 is 3. The lowest BCUT2D eigenvalue weighted by Crippen LogP contribution is -2.16. The van der Waals surface area contributed by atoms with E-state index in [0.29, 0.717) is 17.1 Å². The number of nitrogens with one attached hydrogen (secondary N) is 1. The minimum atomic E-state index is -0.614. The standard InChI is InChI=1S/C19H19N3O5/c1-11-5-6-22-10-14(20-17(22)7-11)18(23)21-13-9-16(26-3)15(25-2)8-12(13)19(24)27-4/h5-10H,1-4H3,(H,21,23). The Morgan fingerprint density at radius 3 is 2.44 bits per heavy atom. The van der Waals surface area contributed by atoms with Crippen LogP contribution in [0.1, 0.15) is 26.4 Å². The van der Waals surface area contributed by atoms with Gasteiger partial charge in [0.1, 0.15) is 11.3 Å². The molecule has 0 saturated carbocycles. The summed E-state index contributed by atoms with van der Waals surface area (Å²) in [6.45, 7) is 1.95. The third kappa shape index (κ3) is 3.55. The van der Waals surface area contributed by atoms with Crippen molar-refractivity contribution in [3.8, 4) is 11.5 Å². The van der Waals surface area contributed by atoms with E-state index in [1.807, 2.05) is 25.3 Å². The van der Waals surface area contributed by atoms with E-state index in [-0.39, 0.29) is 16.9 Å². The maximum absolute atomic E-state index is 12.7. The van der Waals surface area contributed by atoms with Crippen LogP contribution in [-0.2, 0) is 4.74 Å². The van der Waals surface area contributed by atoms with Crippen LogP contribution in [0.2, 0.25) is 0 Å². The molecule has 0 bridgehead atoms. The molecule has 0 aliphatic carbocycles. The molecule has 0 atom stereocenters. The number of esters is 1. The van der Waals surface area contributed by atoms with Gasteiger partial charge in [-0.25, -0.2) is 9.78 Å². The number of aromatic nitrogens is 2. The Morgan fingerprint density at radius 2 is 1.78 bits per heavy atom. The largest absolute Gasteiger partial charge is 0.493 e. The second kappa shape index (κ2) is 7.36. The number of amides is 1. The molecule has 0 spiro atoms. The summed E-state index contributed by atoms with van der Waals surface area (Å²) < 4.78 is 17.0. The van der Waals surface area contributed by atoms with Gasteiger partial charge in [0.05, 0.1) is 32.6 Å². The first kappa shape index (κ1) is 18.2. The lowest BCUT2D eigenvalue weighted by atomic mass is 10.1. The van der Waals surface area contributed by atoms with Crippen molar-refractivity contribution in [3.05, 3.63) is 53.5 Å². The van der Waals surface area contributed by atoms with E-state index in [1.165, 1.54) is 33.5 Å². The molecular formula is C19H19N3O5. The number of nitrogens with zero attached hydrogens (tertiary/aromatic N) is 2. The van der Waals surface area contributed by atoms with Gasteiger partial charge in [0.25, 0.3) is 5.91 Å². The molecule has 8 nitrogen and oxygen atoms in total. The Morgan fingerprint density at radius 1 is 1.07 bits per heavy atom. The molecule has 0 fully saturated rings.